The summed E-state index contributed by atoms with van der Waals surface area (Å²) in [5.74, 6) is 0.217. The molecule has 0 radical (unpaired) electrons. The highest BCUT2D eigenvalue weighted by molar-refractivity contribution is 7.08. The Kier molecular flexibility index (Phi) is 4.58. The number of carbonyl (C=O) groups is 2. The number of rotatable bonds is 1. The van der Waals surface area contributed by atoms with Crippen LogP contribution in [0.5, 0.6) is 0 Å². The van der Waals surface area contributed by atoms with E-state index < -0.39 is 0 Å². The highest BCUT2D eigenvalue weighted by atomic mass is 32.1. The quantitative estimate of drug-likeness (QED) is 0.867. The molecule has 1 N–H and O–H groups in total. The smallest absolute Gasteiger partial charge is 0.254 e. The number of amides is 2. The van der Waals surface area contributed by atoms with Gasteiger partial charge in [-0.25, -0.2) is 0 Å². The Morgan fingerprint density at radius 3 is 2.95 bits per heavy atom. The lowest BCUT2D eigenvalue weighted by atomic mass is 9.98. The predicted octanol–water partition coefficient (Wildman–Crippen LogP) is 2.66. The summed E-state index contributed by atoms with van der Waals surface area (Å²) in [6.45, 7) is 1.56. The van der Waals surface area contributed by atoms with Gasteiger partial charge in [-0.1, -0.05) is 6.42 Å². The molecule has 2 atom stereocenters. The zero-order chi connectivity index (χ0) is 14.7. The molecule has 1 saturated carbocycles. The minimum Gasteiger partial charge on any atom is -0.356 e. The fourth-order valence-corrected chi connectivity index (χ4v) is 4.15. The van der Waals surface area contributed by atoms with Gasteiger partial charge >= 0.3 is 0 Å². The van der Waals surface area contributed by atoms with Crippen molar-refractivity contribution in [2.45, 2.75) is 44.6 Å². The van der Waals surface area contributed by atoms with E-state index in [0.29, 0.717) is 0 Å². The van der Waals surface area contributed by atoms with E-state index in [4.69, 9.17) is 0 Å². The molecule has 2 heterocycles. The van der Waals surface area contributed by atoms with Crippen molar-refractivity contribution in [2.75, 3.05) is 13.1 Å². The average molecular weight is 306 g/mol. The maximum atomic E-state index is 12.8. The van der Waals surface area contributed by atoms with E-state index in [2.05, 4.69) is 5.32 Å². The highest BCUT2D eigenvalue weighted by Gasteiger charge is 2.39. The molecular weight excluding hydrogens is 284 g/mol. The SMILES string of the molecule is O=C1NCCCCCN(C(=O)c2ccsc2)C2CCCC12. The molecule has 5 heteroatoms. The van der Waals surface area contributed by atoms with Crippen LogP contribution in [0.2, 0.25) is 0 Å². The van der Waals surface area contributed by atoms with E-state index in [1.807, 2.05) is 21.7 Å². The summed E-state index contributed by atoms with van der Waals surface area (Å²) >= 11 is 1.55. The van der Waals surface area contributed by atoms with Gasteiger partial charge in [0, 0.05) is 24.5 Å². The van der Waals surface area contributed by atoms with Crippen LogP contribution in [0.3, 0.4) is 0 Å². The minimum atomic E-state index is -0.0225. The first-order chi connectivity index (χ1) is 10.3. The second-order valence-corrected chi connectivity index (χ2v) is 6.75. The van der Waals surface area contributed by atoms with Gasteiger partial charge in [-0.05, 0) is 43.6 Å². The van der Waals surface area contributed by atoms with Crippen LogP contribution in [0.25, 0.3) is 0 Å². The van der Waals surface area contributed by atoms with E-state index in [9.17, 15) is 9.59 Å². The first-order valence-corrected chi connectivity index (χ1v) is 8.82. The van der Waals surface area contributed by atoms with E-state index in [1.54, 1.807) is 11.3 Å². The van der Waals surface area contributed by atoms with Crippen molar-refractivity contribution in [3.63, 3.8) is 0 Å². The Balaban J connectivity index is 1.83. The van der Waals surface area contributed by atoms with Crippen molar-refractivity contribution >= 4 is 23.2 Å². The number of nitrogens with one attached hydrogen (secondary N) is 1. The van der Waals surface area contributed by atoms with Crippen LogP contribution in [-0.2, 0) is 4.79 Å². The Bertz CT molecular complexity index is 500. The standard InChI is InChI=1S/C16H22N2O2S/c19-15-13-5-4-6-14(13)18(9-3-1-2-8-17-15)16(20)12-7-10-21-11-12/h7,10-11,13-14H,1-6,8-9H2,(H,17,19). The van der Waals surface area contributed by atoms with Gasteiger partial charge in [-0.3, -0.25) is 9.59 Å². The summed E-state index contributed by atoms with van der Waals surface area (Å²) in [7, 11) is 0. The molecule has 3 rings (SSSR count). The summed E-state index contributed by atoms with van der Waals surface area (Å²) in [5.41, 5.74) is 0.767. The zero-order valence-corrected chi connectivity index (χ0v) is 13.0. The van der Waals surface area contributed by atoms with Crippen LogP contribution >= 0.6 is 11.3 Å². The molecule has 21 heavy (non-hydrogen) atoms. The fourth-order valence-electron chi connectivity index (χ4n) is 3.52. The van der Waals surface area contributed by atoms with Gasteiger partial charge in [0.25, 0.3) is 5.91 Å². The molecule has 2 fully saturated rings. The Morgan fingerprint density at radius 2 is 2.14 bits per heavy atom. The third kappa shape index (κ3) is 3.12. The van der Waals surface area contributed by atoms with E-state index >= 15 is 0 Å². The number of hydrogen-bond acceptors (Lipinski definition) is 3. The van der Waals surface area contributed by atoms with Gasteiger partial charge < -0.3 is 10.2 Å². The first-order valence-electron chi connectivity index (χ1n) is 7.88. The molecule has 1 aromatic rings. The molecule has 1 aliphatic carbocycles. The largest absolute Gasteiger partial charge is 0.356 e. The molecule has 1 saturated heterocycles. The number of fused-ring (bicyclic) bond motifs is 1. The third-order valence-corrected chi connectivity index (χ3v) is 5.30. The summed E-state index contributed by atoms with van der Waals surface area (Å²) in [6.07, 6.45) is 5.98. The molecule has 0 spiro atoms. The molecule has 2 aliphatic rings. The van der Waals surface area contributed by atoms with Crippen LogP contribution in [-0.4, -0.2) is 35.8 Å². The lowest BCUT2D eigenvalue weighted by molar-refractivity contribution is -0.126. The zero-order valence-electron chi connectivity index (χ0n) is 12.2. The Hall–Kier alpha value is -1.36. The van der Waals surface area contributed by atoms with Crippen LogP contribution < -0.4 is 5.32 Å². The lowest BCUT2D eigenvalue weighted by Gasteiger charge is -2.33. The number of hydrogen-bond donors (Lipinski definition) is 1. The number of thiophene rings is 1. The summed E-state index contributed by atoms with van der Waals surface area (Å²) < 4.78 is 0. The maximum Gasteiger partial charge on any atom is 0.254 e. The normalized spacial score (nSPS) is 27.0. The van der Waals surface area contributed by atoms with E-state index in [-0.39, 0.29) is 23.8 Å². The second kappa shape index (κ2) is 6.60. The molecule has 2 amide bonds. The van der Waals surface area contributed by atoms with Gasteiger partial charge in [0.15, 0.2) is 0 Å². The summed E-state index contributed by atoms with van der Waals surface area (Å²) in [5, 5.41) is 6.89. The summed E-state index contributed by atoms with van der Waals surface area (Å²) in [6, 6.07) is 1.96. The molecule has 0 bridgehead atoms. The molecule has 114 valence electrons. The van der Waals surface area contributed by atoms with Crippen molar-refractivity contribution in [1.29, 1.82) is 0 Å². The highest BCUT2D eigenvalue weighted by Crippen LogP contribution is 2.32. The van der Waals surface area contributed by atoms with Crippen LogP contribution in [0.1, 0.15) is 48.9 Å². The number of carbonyl (C=O) groups excluding carboxylic acids is 2. The monoisotopic (exact) mass is 306 g/mol. The first kappa shape index (κ1) is 14.6. The average Bonchev–Trinajstić information content (AvgIpc) is 3.16. The van der Waals surface area contributed by atoms with Gasteiger partial charge in [0.2, 0.25) is 5.91 Å². The van der Waals surface area contributed by atoms with Gasteiger partial charge in [0.1, 0.15) is 0 Å². The molecule has 1 aliphatic heterocycles. The molecular formula is C16H22N2O2S. The van der Waals surface area contributed by atoms with Crippen LogP contribution in [0.4, 0.5) is 0 Å². The van der Waals surface area contributed by atoms with Crippen LogP contribution in [0, 0.1) is 5.92 Å². The van der Waals surface area contributed by atoms with Crippen LogP contribution in [0.15, 0.2) is 16.8 Å². The molecule has 4 nitrogen and oxygen atoms in total. The van der Waals surface area contributed by atoms with Crippen molar-refractivity contribution in [3.8, 4) is 0 Å². The number of nitrogens with zero attached hydrogens (tertiary/aromatic N) is 1. The maximum absolute atomic E-state index is 12.8. The Morgan fingerprint density at radius 1 is 1.24 bits per heavy atom. The topological polar surface area (TPSA) is 49.4 Å². The minimum absolute atomic E-state index is 0.0225. The second-order valence-electron chi connectivity index (χ2n) is 5.97. The molecule has 1 aromatic heterocycles. The molecule has 2 unspecified atom stereocenters. The fraction of sp³-hybridized carbons (Fsp3) is 0.625. The summed E-state index contributed by atoms with van der Waals surface area (Å²) in [4.78, 5) is 27.1. The van der Waals surface area contributed by atoms with Crippen molar-refractivity contribution in [2.24, 2.45) is 5.92 Å². The van der Waals surface area contributed by atoms with Gasteiger partial charge in [-0.2, -0.15) is 11.3 Å². The van der Waals surface area contributed by atoms with Crippen molar-refractivity contribution in [1.82, 2.24) is 10.2 Å². The molecule has 0 aromatic carbocycles. The van der Waals surface area contributed by atoms with Gasteiger partial charge in [-0.15, -0.1) is 0 Å². The predicted molar refractivity (Wildman–Crippen MR) is 83.3 cm³/mol. The van der Waals surface area contributed by atoms with Crippen molar-refractivity contribution in [3.05, 3.63) is 22.4 Å². The third-order valence-electron chi connectivity index (χ3n) is 4.62. The van der Waals surface area contributed by atoms with E-state index in [0.717, 1.165) is 57.2 Å². The van der Waals surface area contributed by atoms with E-state index in [1.165, 1.54) is 0 Å². The Labute approximate surface area is 129 Å². The lowest BCUT2D eigenvalue weighted by Crippen LogP contribution is -2.48. The van der Waals surface area contributed by atoms with Gasteiger partial charge in [0.05, 0.1) is 11.5 Å². The van der Waals surface area contributed by atoms with Crippen molar-refractivity contribution < 1.29 is 9.59 Å².